The minimum atomic E-state index is -4.59. The SMILES string of the molecule is CCNCCc1ccc(C(F)(F)P(=O)(OCC)OCC)c(Br)c1. The summed E-state index contributed by atoms with van der Waals surface area (Å²) in [6, 6.07) is 4.49. The zero-order valence-corrected chi connectivity index (χ0v) is 16.1. The van der Waals surface area contributed by atoms with Crippen LogP contribution in [-0.2, 0) is 25.7 Å². The van der Waals surface area contributed by atoms with E-state index in [9.17, 15) is 13.3 Å². The van der Waals surface area contributed by atoms with Gasteiger partial charge < -0.3 is 14.4 Å². The van der Waals surface area contributed by atoms with Crippen molar-refractivity contribution < 1.29 is 22.4 Å². The summed E-state index contributed by atoms with van der Waals surface area (Å²) in [6.45, 7) is 6.37. The molecule has 132 valence electrons. The molecule has 0 aliphatic rings. The van der Waals surface area contributed by atoms with Gasteiger partial charge in [-0.05, 0) is 45.0 Å². The number of hydrogen-bond acceptors (Lipinski definition) is 4. The Morgan fingerprint density at radius 3 is 2.30 bits per heavy atom. The molecule has 0 heterocycles. The van der Waals surface area contributed by atoms with Crippen molar-refractivity contribution in [2.24, 2.45) is 0 Å². The van der Waals surface area contributed by atoms with Crippen LogP contribution in [0.4, 0.5) is 8.78 Å². The summed E-state index contributed by atoms with van der Waals surface area (Å²) < 4.78 is 51.7. The summed E-state index contributed by atoms with van der Waals surface area (Å²) in [4.78, 5) is 0. The first-order valence-corrected chi connectivity index (χ1v) is 9.92. The van der Waals surface area contributed by atoms with Crippen molar-refractivity contribution in [3.8, 4) is 0 Å². The number of likely N-dealkylation sites (N-methyl/N-ethyl adjacent to an activating group) is 1. The van der Waals surface area contributed by atoms with Crippen molar-refractivity contribution >= 4 is 23.5 Å². The van der Waals surface area contributed by atoms with E-state index in [2.05, 4.69) is 21.2 Å². The van der Waals surface area contributed by atoms with Crippen LogP contribution in [0.3, 0.4) is 0 Å². The Morgan fingerprint density at radius 1 is 1.22 bits per heavy atom. The van der Waals surface area contributed by atoms with Crippen LogP contribution in [0.1, 0.15) is 31.9 Å². The molecule has 4 nitrogen and oxygen atoms in total. The molecule has 1 aromatic carbocycles. The van der Waals surface area contributed by atoms with E-state index in [1.807, 2.05) is 6.92 Å². The summed E-state index contributed by atoms with van der Waals surface area (Å²) >= 11 is 3.15. The molecule has 0 aliphatic carbocycles. The molecule has 0 radical (unpaired) electrons. The van der Waals surface area contributed by atoms with Crippen LogP contribution < -0.4 is 5.32 Å². The Kier molecular flexibility index (Phi) is 8.31. The van der Waals surface area contributed by atoms with Gasteiger partial charge >= 0.3 is 13.3 Å². The Labute approximate surface area is 144 Å². The predicted octanol–water partition coefficient (Wildman–Crippen LogP) is 4.92. The predicted molar refractivity (Wildman–Crippen MR) is 91.1 cm³/mol. The molecule has 1 aromatic rings. The van der Waals surface area contributed by atoms with E-state index in [1.54, 1.807) is 12.1 Å². The van der Waals surface area contributed by atoms with E-state index in [0.29, 0.717) is 6.42 Å². The molecule has 0 atom stereocenters. The maximum atomic E-state index is 14.7. The summed E-state index contributed by atoms with van der Waals surface area (Å²) in [7, 11) is -4.59. The van der Waals surface area contributed by atoms with Crippen LogP contribution in [0.2, 0.25) is 0 Å². The van der Waals surface area contributed by atoms with Crippen LogP contribution >= 0.6 is 23.5 Å². The fourth-order valence-corrected chi connectivity index (χ4v) is 4.45. The van der Waals surface area contributed by atoms with Crippen molar-refractivity contribution in [1.29, 1.82) is 0 Å². The molecule has 8 heteroatoms. The van der Waals surface area contributed by atoms with Gasteiger partial charge in [0.2, 0.25) is 0 Å². The smallest absolute Gasteiger partial charge is 0.317 e. The van der Waals surface area contributed by atoms with Crippen LogP contribution in [0.25, 0.3) is 0 Å². The van der Waals surface area contributed by atoms with Gasteiger partial charge in [-0.1, -0.05) is 35.0 Å². The first-order chi connectivity index (χ1) is 10.8. The third-order valence-corrected chi connectivity index (χ3v) is 5.92. The standard InChI is InChI=1S/C15H23BrF2NO3P/c1-4-19-10-9-12-7-8-13(14(16)11-12)15(17,18)23(20,21-5-2)22-6-3/h7-8,11,19H,4-6,9-10H2,1-3H3. The highest BCUT2D eigenvalue weighted by molar-refractivity contribution is 9.10. The first kappa shape index (κ1) is 20.7. The van der Waals surface area contributed by atoms with Crippen LogP contribution in [0.5, 0.6) is 0 Å². The lowest BCUT2D eigenvalue weighted by Gasteiger charge is -2.26. The van der Waals surface area contributed by atoms with E-state index in [1.165, 1.54) is 19.9 Å². The monoisotopic (exact) mass is 413 g/mol. The van der Waals surface area contributed by atoms with Crippen molar-refractivity contribution in [2.45, 2.75) is 32.9 Å². The number of benzene rings is 1. The molecule has 23 heavy (non-hydrogen) atoms. The fraction of sp³-hybridized carbons (Fsp3) is 0.600. The summed E-state index contributed by atoms with van der Waals surface area (Å²) in [5.74, 6) is 0. The molecule has 0 spiro atoms. The average molecular weight is 414 g/mol. The number of nitrogens with one attached hydrogen (secondary N) is 1. The second kappa shape index (κ2) is 9.23. The summed E-state index contributed by atoms with van der Waals surface area (Å²) in [6.07, 6.45) is 0.715. The van der Waals surface area contributed by atoms with Gasteiger partial charge in [0.25, 0.3) is 0 Å². The molecule has 1 N–H and O–H groups in total. The lowest BCUT2D eigenvalue weighted by Crippen LogP contribution is -2.19. The molecule has 0 aliphatic heterocycles. The van der Waals surface area contributed by atoms with Crippen LogP contribution in [0, 0.1) is 0 Å². The quantitative estimate of drug-likeness (QED) is 0.436. The lowest BCUT2D eigenvalue weighted by molar-refractivity contribution is 0.0354. The van der Waals surface area contributed by atoms with Gasteiger partial charge in [-0.3, -0.25) is 4.57 Å². The summed E-state index contributed by atoms with van der Waals surface area (Å²) in [5, 5.41) is 3.17. The van der Waals surface area contributed by atoms with E-state index in [4.69, 9.17) is 9.05 Å². The minimum Gasteiger partial charge on any atom is -0.317 e. The molecule has 0 aromatic heterocycles. The Morgan fingerprint density at radius 2 is 1.83 bits per heavy atom. The highest BCUT2D eigenvalue weighted by Crippen LogP contribution is 2.67. The highest BCUT2D eigenvalue weighted by Gasteiger charge is 2.55. The molecular formula is C15H23BrF2NO3P. The number of halogens is 3. The maximum Gasteiger partial charge on any atom is 0.404 e. The first-order valence-electron chi connectivity index (χ1n) is 7.59. The molecule has 1 rings (SSSR count). The molecule has 0 unspecified atom stereocenters. The van der Waals surface area contributed by atoms with Gasteiger partial charge in [-0.15, -0.1) is 0 Å². The third-order valence-electron chi connectivity index (χ3n) is 3.14. The van der Waals surface area contributed by atoms with E-state index >= 15 is 0 Å². The van der Waals surface area contributed by atoms with Crippen LogP contribution in [0.15, 0.2) is 22.7 Å². The Bertz CT molecular complexity index is 548. The maximum absolute atomic E-state index is 14.7. The number of rotatable bonds is 10. The minimum absolute atomic E-state index is 0.120. The molecule has 0 fully saturated rings. The van der Waals surface area contributed by atoms with Gasteiger partial charge in [-0.2, -0.15) is 8.78 Å². The zero-order chi connectivity index (χ0) is 17.5. The van der Waals surface area contributed by atoms with E-state index in [-0.39, 0.29) is 17.7 Å². The van der Waals surface area contributed by atoms with E-state index < -0.39 is 18.8 Å². The molecule has 0 saturated heterocycles. The average Bonchev–Trinajstić information content (AvgIpc) is 2.47. The Balaban J connectivity index is 3.09. The molecular weight excluding hydrogens is 391 g/mol. The molecule has 0 amide bonds. The molecule has 0 bridgehead atoms. The fourth-order valence-electron chi connectivity index (χ4n) is 2.05. The largest absolute Gasteiger partial charge is 0.404 e. The second-order valence-corrected chi connectivity index (χ2v) is 7.72. The van der Waals surface area contributed by atoms with Crippen molar-refractivity contribution in [1.82, 2.24) is 5.32 Å². The van der Waals surface area contributed by atoms with E-state index in [0.717, 1.165) is 18.7 Å². The van der Waals surface area contributed by atoms with Gasteiger partial charge in [0.1, 0.15) is 0 Å². The highest BCUT2D eigenvalue weighted by atomic mass is 79.9. The summed E-state index contributed by atoms with van der Waals surface area (Å²) in [5.41, 5.74) is -3.21. The normalized spacial score (nSPS) is 12.6. The van der Waals surface area contributed by atoms with Gasteiger partial charge in [0.15, 0.2) is 0 Å². The number of alkyl halides is 2. The van der Waals surface area contributed by atoms with Crippen LogP contribution in [-0.4, -0.2) is 26.3 Å². The van der Waals surface area contributed by atoms with Gasteiger partial charge in [0, 0.05) is 10.0 Å². The topological polar surface area (TPSA) is 47.6 Å². The zero-order valence-electron chi connectivity index (χ0n) is 13.6. The Hall–Kier alpha value is -0.330. The van der Waals surface area contributed by atoms with Crippen molar-refractivity contribution in [3.63, 3.8) is 0 Å². The van der Waals surface area contributed by atoms with Gasteiger partial charge in [-0.25, -0.2) is 0 Å². The van der Waals surface area contributed by atoms with Crippen molar-refractivity contribution in [2.75, 3.05) is 26.3 Å². The number of hydrogen-bond donors (Lipinski definition) is 1. The third kappa shape index (κ3) is 5.07. The second-order valence-electron chi connectivity index (χ2n) is 4.79. The van der Waals surface area contributed by atoms with Gasteiger partial charge in [0.05, 0.1) is 13.2 Å². The molecule has 0 saturated carbocycles. The van der Waals surface area contributed by atoms with Crippen molar-refractivity contribution in [3.05, 3.63) is 33.8 Å². The lowest BCUT2D eigenvalue weighted by atomic mass is 10.1.